The van der Waals surface area contributed by atoms with E-state index in [-0.39, 0.29) is 23.7 Å². The Balaban J connectivity index is 1.66. The normalized spacial score (nSPS) is 24.5. The van der Waals surface area contributed by atoms with Crippen molar-refractivity contribution in [2.45, 2.75) is 25.7 Å². The van der Waals surface area contributed by atoms with Gasteiger partial charge in [-0.1, -0.05) is 80.6 Å². The van der Waals surface area contributed by atoms with Crippen LogP contribution in [-0.4, -0.2) is 5.91 Å². The van der Waals surface area contributed by atoms with Gasteiger partial charge in [-0.3, -0.25) is 4.79 Å². The summed E-state index contributed by atoms with van der Waals surface area (Å²) < 4.78 is 0. The molecule has 0 aliphatic heterocycles. The molecule has 3 aliphatic rings. The predicted molar refractivity (Wildman–Crippen MR) is 113 cm³/mol. The molecule has 0 heterocycles. The summed E-state index contributed by atoms with van der Waals surface area (Å²) in [6.07, 6.45) is 0. The molecule has 3 aliphatic carbocycles. The van der Waals surface area contributed by atoms with Gasteiger partial charge in [0, 0.05) is 17.5 Å². The number of rotatable bonds is 3. The largest absolute Gasteiger partial charge is 0.326 e. The molecule has 1 amide bonds. The fourth-order valence-electron chi connectivity index (χ4n) is 5.59. The van der Waals surface area contributed by atoms with Crippen LogP contribution in [-0.2, 0) is 4.79 Å². The Labute approximate surface area is 166 Å². The number of benzene rings is 3. The van der Waals surface area contributed by atoms with Gasteiger partial charge in [0.2, 0.25) is 5.91 Å². The summed E-state index contributed by atoms with van der Waals surface area (Å²) in [5.74, 6) is 1.19. The van der Waals surface area contributed by atoms with Gasteiger partial charge in [0.15, 0.2) is 0 Å². The molecule has 0 saturated heterocycles. The third kappa shape index (κ3) is 2.51. The predicted octanol–water partition coefficient (Wildman–Crippen LogP) is 5.80. The van der Waals surface area contributed by atoms with E-state index in [4.69, 9.17) is 0 Å². The molecular weight excluding hydrogens is 342 g/mol. The van der Waals surface area contributed by atoms with Crippen molar-refractivity contribution >= 4 is 11.6 Å². The van der Waals surface area contributed by atoms with Crippen LogP contribution in [0.4, 0.5) is 5.69 Å². The second kappa shape index (κ2) is 6.63. The molecule has 140 valence electrons. The van der Waals surface area contributed by atoms with Crippen LogP contribution in [0.1, 0.15) is 47.9 Å². The quantitative estimate of drug-likeness (QED) is 0.622. The number of hydrogen-bond acceptors (Lipinski definition) is 1. The minimum Gasteiger partial charge on any atom is -0.326 e. The van der Waals surface area contributed by atoms with Gasteiger partial charge in [0.1, 0.15) is 0 Å². The summed E-state index contributed by atoms with van der Waals surface area (Å²) in [6.45, 7) is 4.53. The molecule has 1 N–H and O–H groups in total. The molecule has 3 aromatic rings. The number of para-hydroxylation sites is 1. The monoisotopic (exact) mass is 367 g/mol. The zero-order valence-corrected chi connectivity index (χ0v) is 16.3. The number of fused-ring (bicyclic) bond motifs is 1. The van der Waals surface area contributed by atoms with E-state index in [9.17, 15) is 4.79 Å². The zero-order valence-electron chi connectivity index (χ0n) is 16.3. The first-order chi connectivity index (χ1) is 13.7. The summed E-state index contributed by atoms with van der Waals surface area (Å²) >= 11 is 0. The molecule has 0 fully saturated rings. The average molecular weight is 367 g/mol. The summed E-state index contributed by atoms with van der Waals surface area (Å²) in [7, 11) is 0. The molecule has 0 saturated carbocycles. The molecule has 0 spiro atoms. The molecule has 2 heteroatoms. The zero-order chi connectivity index (χ0) is 19.3. The summed E-state index contributed by atoms with van der Waals surface area (Å²) in [5, 5.41) is 3.20. The lowest BCUT2D eigenvalue weighted by molar-refractivity contribution is -0.123. The van der Waals surface area contributed by atoms with Crippen LogP contribution < -0.4 is 5.32 Å². The van der Waals surface area contributed by atoms with Crippen molar-refractivity contribution in [1.82, 2.24) is 0 Å². The molecule has 0 unspecified atom stereocenters. The fraction of sp³-hybridized carbons (Fsp3) is 0.269. The van der Waals surface area contributed by atoms with Gasteiger partial charge in [-0.05, 0) is 46.2 Å². The van der Waals surface area contributed by atoms with Gasteiger partial charge < -0.3 is 5.32 Å². The highest BCUT2D eigenvalue weighted by Gasteiger charge is 2.53. The Hall–Kier alpha value is -2.87. The lowest BCUT2D eigenvalue weighted by atomic mass is 9.52. The van der Waals surface area contributed by atoms with E-state index < -0.39 is 0 Å². The van der Waals surface area contributed by atoms with E-state index in [1.165, 1.54) is 22.3 Å². The average Bonchev–Trinajstić information content (AvgIpc) is 2.73. The highest BCUT2D eigenvalue weighted by Crippen LogP contribution is 2.60. The van der Waals surface area contributed by atoms with Gasteiger partial charge in [-0.2, -0.15) is 0 Å². The van der Waals surface area contributed by atoms with E-state index in [0.29, 0.717) is 11.8 Å². The van der Waals surface area contributed by atoms with Crippen LogP contribution in [0, 0.1) is 17.8 Å². The molecule has 3 aromatic carbocycles. The summed E-state index contributed by atoms with van der Waals surface area (Å²) in [6, 6.07) is 27.3. The highest BCUT2D eigenvalue weighted by atomic mass is 16.1. The Morgan fingerprint density at radius 2 is 1.18 bits per heavy atom. The summed E-state index contributed by atoms with van der Waals surface area (Å²) in [4.78, 5) is 13.6. The van der Waals surface area contributed by atoms with Crippen molar-refractivity contribution in [3.63, 3.8) is 0 Å². The number of anilines is 1. The number of carbonyl (C=O) groups is 1. The van der Waals surface area contributed by atoms with Crippen molar-refractivity contribution in [2.24, 2.45) is 17.8 Å². The second-order valence-corrected chi connectivity index (χ2v) is 8.42. The van der Waals surface area contributed by atoms with Crippen molar-refractivity contribution in [3.8, 4) is 0 Å². The third-order valence-electron chi connectivity index (χ3n) is 6.60. The van der Waals surface area contributed by atoms with E-state index >= 15 is 0 Å². The van der Waals surface area contributed by atoms with Crippen LogP contribution in [0.3, 0.4) is 0 Å². The SMILES string of the molecule is CC(C)[C@H]1C2c3ccccc3C(c3ccccc32)[C@H]1C(=O)Nc1ccccc1. The van der Waals surface area contributed by atoms with Gasteiger partial charge in [0.25, 0.3) is 0 Å². The van der Waals surface area contributed by atoms with Crippen molar-refractivity contribution < 1.29 is 4.79 Å². The maximum Gasteiger partial charge on any atom is 0.228 e. The maximum atomic E-state index is 13.6. The smallest absolute Gasteiger partial charge is 0.228 e. The lowest BCUT2D eigenvalue weighted by Crippen LogP contribution is -2.47. The summed E-state index contributed by atoms with van der Waals surface area (Å²) in [5.41, 5.74) is 6.35. The molecule has 6 rings (SSSR count). The van der Waals surface area contributed by atoms with Crippen LogP contribution in [0.2, 0.25) is 0 Å². The maximum absolute atomic E-state index is 13.6. The van der Waals surface area contributed by atoms with Gasteiger partial charge >= 0.3 is 0 Å². The Morgan fingerprint density at radius 3 is 1.68 bits per heavy atom. The standard InChI is InChI=1S/C26H25NO/c1-16(2)22-23-18-12-6-8-14-20(18)24(21-15-9-7-13-19(21)23)25(22)26(28)27-17-10-4-3-5-11-17/h3-16,22-25H,1-2H3,(H,27,28)/t22-,23?,24?,25-/m0/s1. The van der Waals surface area contributed by atoms with Gasteiger partial charge in [-0.15, -0.1) is 0 Å². The molecule has 0 aromatic heterocycles. The number of nitrogens with one attached hydrogen (secondary N) is 1. The lowest BCUT2D eigenvalue weighted by Gasteiger charge is -2.51. The third-order valence-corrected chi connectivity index (χ3v) is 6.60. The molecule has 0 radical (unpaired) electrons. The first kappa shape index (κ1) is 17.2. The van der Waals surface area contributed by atoms with E-state index in [1.54, 1.807) is 0 Å². The minimum absolute atomic E-state index is 0.0602. The number of hydrogen-bond donors (Lipinski definition) is 1. The van der Waals surface area contributed by atoms with Gasteiger partial charge in [-0.25, -0.2) is 0 Å². The van der Waals surface area contributed by atoms with Crippen molar-refractivity contribution in [2.75, 3.05) is 5.32 Å². The fourth-order valence-corrected chi connectivity index (χ4v) is 5.59. The van der Waals surface area contributed by atoms with Crippen LogP contribution in [0.25, 0.3) is 0 Å². The van der Waals surface area contributed by atoms with Crippen LogP contribution in [0.5, 0.6) is 0 Å². The Bertz CT molecular complexity index is 976. The topological polar surface area (TPSA) is 29.1 Å². The molecular formula is C26H25NO. The van der Waals surface area contributed by atoms with Gasteiger partial charge in [0.05, 0.1) is 5.92 Å². The Kier molecular flexibility index (Phi) is 4.08. The number of carbonyl (C=O) groups excluding carboxylic acids is 1. The van der Waals surface area contributed by atoms with E-state index in [0.717, 1.165) is 5.69 Å². The second-order valence-electron chi connectivity index (χ2n) is 8.42. The Morgan fingerprint density at radius 1 is 0.714 bits per heavy atom. The minimum atomic E-state index is -0.0602. The van der Waals surface area contributed by atoms with E-state index in [2.05, 4.69) is 67.7 Å². The molecule has 2 atom stereocenters. The number of amides is 1. The first-order valence-corrected chi connectivity index (χ1v) is 10.2. The van der Waals surface area contributed by atoms with Crippen LogP contribution in [0.15, 0.2) is 78.9 Å². The molecule has 2 bridgehead atoms. The van der Waals surface area contributed by atoms with Crippen LogP contribution >= 0.6 is 0 Å². The highest BCUT2D eigenvalue weighted by molar-refractivity contribution is 5.94. The molecule has 2 nitrogen and oxygen atoms in total. The van der Waals surface area contributed by atoms with E-state index in [1.807, 2.05) is 30.3 Å². The van der Waals surface area contributed by atoms with Crippen molar-refractivity contribution in [3.05, 3.63) is 101 Å². The van der Waals surface area contributed by atoms with Crippen molar-refractivity contribution in [1.29, 1.82) is 0 Å². The molecule has 28 heavy (non-hydrogen) atoms. The first-order valence-electron chi connectivity index (χ1n) is 10.2.